The molecule has 2 nitrogen and oxygen atoms in total. The maximum absolute atomic E-state index is 12.3. The van der Waals surface area contributed by atoms with Gasteiger partial charge in [-0.2, -0.15) is 13.2 Å². The van der Waals surface area contributed by atoms with Crippen molar-refractivity contribution in [3.05, 3.63) is 16.1 Å². The Morgan fingerprint density at radius 1 is 1.31 bits per heavy atom. The molecule has 1 aromatic rings. The summed E-state index contributed by atoms with van der Waals surface area (Å²) >= 11 is 1.11. The van der Waals surface area contributed by atoms with Gasteiger partial charge in [0.05, 0.1) is 5.01 Å². The van der Waals surface area contributed by atoms with E-state index in [-0.39, 0.29) is 23.4 Å². The van der Waals surface area contributed by atoms with Gasteiger partial charge < -0.3 is 5.73 Å². The average Bonchev–Trinajstić information content (AvgIpc) is 2.43. The second kappa shape index (κ2) is 3.11. The molecule has 3 aliphatic carbocycles. The zero-order chi connectivity index (χ0) is 10.9. The Labute approximate surface area is 100 Å². The van der Waals surface area contributed by atoms with Crippen LogP contribution in [0.4, 0.5) is 13.2 Å². The van der Waals surface area contributed by atoms with Gasteiger partial charge in [0.25, 0.3) is 0 Å². The van der Waals surface area contributed by atoms with Gasteiger partial charge in [-0.3, -0.25) is 0 Å². The monoisotopic (exact) mass is 270 g/mol. The van der Waals surface area contributed by atoms with Gasteiger partial charge in [-0.25, -0.2) is 4.98 Å². The summed E-state index contributed by atoms with van der Waals surface area (Å²) < 4.78 is 37.0. The molecule has 1 aromatic heterocycles. The van der Waals surface area contributed by atoms with Crippen LogP contribution in [-0.2, 0) is 11.6 Å². The van der Waals surface area contributed by atoms with E-state index in [9.17, 15) is 13.2 Å². The predicted molar refractivity (Wildman–Crippen MR) is 56.8 cm³/mol. The molecular formula is C9H10ClF3N2S. The third-order valence-corrected chi connectivity index (χ3v) is 4.41. The van der Waals surface area contributed by atoms with Crippen LogP contribution in [0.3, 0.4) is 0 Å². The Bertz CT molecular complexity index is 409. The molecule has 90 valence electrons. The Morgan fingerprint density at radius 2 is 1.88 bits per heavy atom. The molecule has 7 heteroatoms. The van der Waals surface area contributed by atoms with Crippen molar-refractivity contribution in [1.29, 1.82) is 0 Å². The fourth-order valence-corrected chi connectivity index (χ4v) is 3.77. The average molecular weight is 271 g/mol. The zero-order valence-corrected chi connectivity index (χ0v) is 9.81. The summed E-state index contributed by atoms with van der Waals surface area (Å²) in [5, 5.41) is 1.71. The van der Waals surface area contributed by atoms with Gasteiger partial charge in [-0.1, -0.05) is 0 Å². The van der Waals surface area contributed by atoms with E-state index in [1.54, 1.807) is 0 Å². The Balaban J connectivity index is 0.000000963. The van der Waals surface area contributed by atoms with Gasteiger partial charge in [0.1, 0.15) is 0 Å². The van der Waals surface area contributed by atoms with Crippen molar-refractivity contribution in [2.75, 3.05) is 0 Å². The predicted octanol–water partition coefficient (Wildman–Crippen LogP) is 2.72. The number of halogens is 4. The van der Waals surface area contributed by atoms with Crippen molar-refractivity contribution < 1.29 is 13.2 Å². The Morgan fingerprint density at radius 3 is 2.25 bits per heavy atom. The van der Waals surface area contributed by atoms with Gasteiger partial charge in [-0.05, 0) is 19.3 Å². The van der Waals surface area contributed by atoms with Crippen LogP contribution in [0, 0.1) is 0 Å². The maximum atomic E-state index is 12.3. The molecule has 0 radical (unpaired) electrons. The number of rotatable bonds is 1. The lowest BCUT2D eigenvalue weighted by atomic mass is 9.40. The number of hydrogen-bond acceptors (Lipinski definition) is 3. The minimum Gasteiger partial charge on any atom is -0.325 e. The van der Waals surface area contributed by atoms with Gasteiger partial charge >= 0.3 is 6.18 Å². The third-order valence-electron chi connectivity index (χ3n) is 3.32. The number of thiazole rings is 1. The third kappa shape index (κ3) is 1.47. The van der Waals surface area contributed by atoms with Gasteiger partial charge in [0.2, 0.25) is 0 Å². The van der Waals surface area contributed by atoms with Crippen LogP contribution in [0.1, 0.15) is 30.0 Å². The van der Waals surface area contributed by atoms with Crippen molar-refractivity contribution in [3.8, 4) is 0 Å². The molecule has 0 atom stereocenters. The maximum Gasteiger partial charge on any atom is 0.434 e. The summed E-state index contributed by atoms with van der Waals surface area (Å²) in [6.07, 6.45) is -1.93. The molecule has 0 saturated heterocycles. The Hall–Kier alpha value is -0.330. The van der Waals surface area contributed by atoms with Gasteiger partial charge in [0, 0.05) is 16.3 Å². The van der Waals surface area contributed by atoms with Crippen molar-refractivity contribution >= 4 is 23.7 Å². The molecule has 2 N–H and O–H groups in total. The van der Waals surface area contributed by atoms with Gasteiger partial charge in [0.15, 0.2) is 5.69 Å². The van der Waals surface area contributed by atoms with Crippen molar-refractivity contribution in [1.82, 2.24) is 4.98 Å². The van der Waals surface area contributed by atoms with E-state index < -0.39 is 11.9 Å². The zero-order valence-electron chi connectivity index (χ0n) is 8.17. The first-order chi connectivity index (χ1) is 6.83. The van der Waals surface area contributed by atoms with E-state index in [4.69, 9.17) is 5.73 Å². The smallest absolute Gasteiger partial charge is 0.325 e. The standard InChI is InChI=1S/C9H9F3N2S.ClH/c10-9(11,12)5-1-15-6(14-5)7-2-8(13,3-7)4-7;/h1H,2-4,13H2;1H. The number of nitrogens with two attached hydrogens (primary N) is 1. The molecule has 3 fully saturated rings. The largest absolute Gasteiger partial charge is 0.434 e. The van der Waals surface area contributed by atoms with Crippen LogP contribution in [-0.4, -0.2) is 10.5 Å². The summed E-state index contributed by atoms with van der Waals surface area (Å²) in [5.41, 5.74) is 4.89. The van der Waals surface area contributed by atoms with E-state index in [2.05, 4.69) is 4.98 Å². The lowest BCUT2D eigenvalue weighted by Crippen LogP contribution is -2.74. The van der Waals surface area contributed by atoms with E-state index in [1.165, 1.54) is 0 Å². The van der Waals surface area contributed by atoms with Crippen molar-refractivity contribution in [2.45, 2.75) is 36.4 Å². The minimum atomic E-state index is -4.32. The molecule has 0 amide bonds. The second-order valence-corrected chi connectivity index (χ2v) is 5.57. The fraction of sp³-hybridized carbons (Fsp3) is 0.667. The van der Waals surface area contributed by atoms with Crippen molar-refractivity contribution in [2.24, 2.45) is 5.73 Å². The number of hydrogen-bond donors (Lipinski definition) is 1. The Kier molecular flexibility index (Phi) is 2.36. The fourth-order valence-electron chi connectivity index (χ4n) is 2.74. The highest BCUT2D eigenvalue weighted by atomic mass is 35.5. The molecule has 3 aliphatic rings. The quantitative estimate of drug-likeness (QED) is 0.852. The van der Waals surface area contributed by atoms with Crippen LogP contribution in [0.5, 0.6) is 0 Å². The van der Waals surface area contributed by atoms with E-state index in [1.807, 2.05) is 0 Å². The molecule has 0 unspecified atom stereocenters. The summed E-state index contributed by atoms with van der Waals surface area (Å²) in [4.78, 5) is 3.68. The molecule has 0 aromatic carbocycles. The lowest BCUT2D eigenvalue weighted by molar-refractivity contribution is -0.141. The molecule has 16 heavy (non-hydrogen) atoms. The molecule has 0 spiro atoms. The lowest BCUT2D eigenvalue weighted by Gasteiger charge is -2.68. The van der Waals surface area contributed by atoms with Crippen LogP contribution < -0.4 is 5.73 Å². The molecular weight excluding hydrogens is 261 g/mol. The van der Waals surface area contributed by atoms with Crippen molar-refractivity contribution in [3.63, 3.8) is 0 Å². The molecule has 3 saturated carbocycles. The van der Waals surface area contributed by atoms with Crippen LogP contribution >= 0.6 is 23.7 Å². The van der Waals surface area contributed by atoms with Crippen LogP contribution in [0.15, 0.2) is 5.38 Å². The first kappa shape index (κ1) is 12.1. The van der Waals surface area contributed by atoms with E-state index >= 15 is 0 Å². The number of aromatic nitrogens is 1. The minimum absolute atomic E-state index is 0. The highest BCUT2D eigenvalue weighted by Crippen LogP contribution is 2.66. The molecule has 0 aliphatic heterocycles. The first-order valence-corrected chi connectivity index (χ1v) is 5.53. The van der Waals surface area contributed by atoms with Crippen LogP contribution in [0.25, 0.3) is 0 Å². The first-order valence-electron chi connectivity index (χ1n) is 4.65. The highest BCUT2D eigenvalue weighted by molar-refractivity contribution is 7.09. The second-order valence-electron chi connectivity index (χ2n) is 4.71. The number of nitrogens with zero attached hydrogens (tertiary/aromatic N) is 1. The summed E-state index contributed by atoms with van der Waals surface area (Å²) in [6.45, 7) is 0. The van der Waals surface area contributed by atoms with E-state index in [0.717, 1.165) is 36.0 Å². The van der Waals surface area contributed by atoms with Gasteiger partial charge in [-0.15, -0.1) is 23.7 Å². The molecule has 2 bridgehead atoms. The highest BCUT2D eigenvalue weighted by Gasteiger charge is 2.68. The topological polar surface area (TPSA) is 38.9 Å². The molecule has 1 heterocycles. The summed E-state index contributed by atoms with van der Waals surface area (Å²) in [7, 11) is 0. The SMILES string of the molecule is Cl.NC12CC(c3nc(C(F)(F)F)cs3)(C1)C2. The normalized spacial score (nSPS) is 36.0. The summed E-state index contributed by atoms with van der Waals surface area (Å²) in [6, 6.07) is 0. The van der Waals surface area contributed by atoms with Crippen LogP contribution in [0.2, 0.25) is 0 Å². The van der Waals surface area contributed by atoms with E-state index in [0.29, 0.717) is 5.01 Å². The summed E-state index contributed by atoms with van der Waals surface area (Å²) in [5.74, 6) is 0. The number of alkyl halides is 3. The molecule has 4 rings (SSSR count).